The number of benzene rings is 3. The predicted molar refractivity (Wildman–Crippen MR) is 143 cm³/mol. The number of para-hydroxylation sites is 1. The summed E-state index contributed by atoms with van der Waals surface area (Å²) in [5, 5.41) is 3.16. The molecule has 0 unspecified atom stereocenters. The molecule has 0 heterocycles. The molecule has 0 saturated heterocycles. The number of carbonyl (C=O) groups excluding carboxylic acids is 2. The van der Waals surface area contributed by atoms with Gasteiger partial charge >= 0.3 is 0 Å². The van der Waals surface area contributed by atoms with Crippen LogP contribution in [0, 0.1) is 5.82 Å². The second-order valence-electron chi connectivity index (χ2n) is 8.43. The highest BCUT2D eigenvalue weighted by molar-refractivity contribution is 7.92. The Morgan fingerprint density at radius 1 is 0.973 bits per heavy atom. The zero-order valence-corrected chi connectivity index (χ0v) is 22.2. The third-order valence-electron chi connectivity index (χ3n) is 5.72. The number of sulfonamides is 1. The summed E-state index contributed by atoms with van der Waals surface area (Å²) in [6.07, 6.45) is 1.08. The van der Waals surface area contributed by atoms with E-state index in [0.29, 0.717) is 21.4 Å². The van der Waals surface area contributed by atoms with Crippen LogP contribution in [0.1, 0.15) is 18.1 Å². The summed E-state index contributed by atoms with van der Waals surface area (Å²) in [6, 6.07) is 20.4. The van der Waals surface area contributed by atoms with Crippen molar-refractivity contribution in [3.63, 3.8) is 0 Å². The maximum Gasteiger partial charge on any atom is 0.244 e. The van der Waals surface area contributed by atoms with Crippen molar-refractivity contribution < 1.29 is 22.4 Å². The molecule has 0 saturated carbocycles. The number of halogens is 2. The van der Waals surface area contributed by atoms with Gasteiger partial charge in [0.2, 0.25) is 21.8 Å². The molecular weight excluding hydrogens is 517 g/mol. The minimum atomic E-state index is -4.05. The molecule has 0 spiro atoms. The maximum atomic E-state index is 14.6. The Morgan fingerprint density at radius 3 is 2.22 bits per heavy atom. The number of anilines is 1. The zero-order valence-electron chi connectivity index (χ0n) is 20.6. The number of nitrogens with one attached hydrogen (secondary N) is 1. The molecule has 3 aromatic carbocycles. The lowest BCUT2D eigenvalue weighted by molar-refractivity contribution is -0.140. The van der Waals surface area contributed by atoms with Gasteiger partial charge in [-0.25, -0.2) is 12.8 Å². The molecule has 7 nitrogen and oxygen atoms in total. The van der Waals surface area contributed by atoms with Crippen molar-refractivity contribution in [2.75, 3.05) is 23.7 Å². The van der Waals surface area contributed by atoms with E-state index in [0.717, 1.165) is 17.9 Å². The Hall–Kier alpha value is -3.43. The lowest BCUT2D eigenvalue weighted by Gasteiger charge is -2.33. The third-order valence-corrected chi connectivity index (χ3v) is 7.22. The first kappa shape index (κ1) is 28.1. The van der Waals surface area contributed by atoms with E-state index in [1.807, 2.05) is 30.3 Å². The summed E-state index contributed by atoms with van der Waals surface area (Å²) in [7, 11) is -4.05. The van der Waals surface area contributed by atoms with E-state index in [2.05, 4.69) is 5.32 Å². The van der Waals surface area contributed by atoms with Crippen molar-refractivity contribution in [3.8, 4) is 0 Å². The molecule has 10 heteroatoms. The van der Waals surface area contributed by atoms with Crippen molar-refractivity contribution in [2.24, 2.45) is 0 Å². The fourth-order valence-electron chi connectivity index (χ4n) is 3.90. The number of amides is 2. The van der Waals surface area contributed by atoms with Crippen molar-refractivity contribution in [1.29, 1.82) is 0 Å². The van der Waals surface area contributed by atoms with Gasteiger partial charge in [-0.1, -0.05) is 72.3 Å². The molecule has 0 aliphatic heterocycles. The Morgan fingerprint density at radius 2 is 1.59 bits per heavy atom. The molecule has 0 fully saturated rings. The molecule has 0 aromatic heterocycles. The fraction of sp³-hybridized carbons (Fsp3) is 0.259. The molecule has 37 heavy (non-hydrogen) atoms. The van der Waals surface area contributed by atoms with E-state index in [-0.39, 0.29) is 18.7 Å². The molecule has 0 bridgehead atoms. The Bertz CT molecular complexity index is 1340. The normalized spacial score (nSPS) is 12.0. The van der Waals surface area contributed by atoms with Crippen LogP contribution in [-0.2, 0) is 32.6 Å². The highest BCUT2D eigenvalue weighted by atomic mass is 35.5. The van der Waals surface area contributed by atoms with E-state index in [9.17, 15) is 22.4 Å². The van der Waals surface area contributed by atoms with Gasteiger partial charge in [-0.2, -0.15) is 0 Å². The Balaban J connectivity index is 2.06. The van der Waals surface area contributed by atoms with E-state index in [1.165, 1.54) is 23.1 Å². The van der Waals surface area contributed by atoms with Gasteiger partial charge in [-0.3, -0.25) is 13.9 Å². The standard InChI is InChI=1S/C27H29ClFN3O4S/c1-3-30-27(34)25(17-20-11-5-4-6-12-20)31(18-21-13-7-8-14-22(21)28)26(33)19-32(37(2,35)36)24-16-10-9-15-23(24)29/h4-16,25H,3,17-19H2,1-2H3,(H,30,34)/t25-/m1/s1. The van der Waals surface area contributed by atoms with Gasteiger partial charge in [0.25, 0.3) is 0 Å². The summed E-state index contributed by atoms with van der Waals surface area (Å²) < 4.78 is 40.6. The van der Waals surface area contributed by atoms with E-state index >= 15 is 0 Å². The van der Waals surface area contributed by atoms with Crippen LogP contribution in [0.3, 0.4) is 0 Å². The summed E-state index contributed by atoms with van der Waals surface area (Å²) in [5.74, 6) is -1.87. The molecule has 1 atom stereocenters. The predicted octanol–water partition coefficient (Wildman–Crippen LogP) is 4.02. The highest BCUT2D eigenvalue weighted by Gasteiger charge is 2.33. The topological polar surface area (TPSA) is 86.8 Å². The molecule has 0 aliphatic carbocycles. The molecule has 3 aromatic rings. The van der Waals surface area contributed by atoms with E-state index in [4.69, 9.17) is 11.6 Å². The van der Waals surface area contributed by atoms with E-state index < -0.39 is 40.2 Å². The molecule has 0 aliphatic rings. The minimum absolute atomic E-state index is 0.0536. The molecular formula is C27H29ClFN3O4S. The number of hydrogen-bond acceptors (Lipinski definition) is 4. The van der Waals surface area contributed by atoms with Crippen LogP contribution in [0.4, 0.5) is 10.1 Å². The van der Waals surface area contributed by atoms with Gasteiger partial charge in [0.05, 0.1) is 11.9 Å². The molecule has 1 N–H and O–H groups in total. The lowest BCUT2D eigenvalue weighted by atomic mass is 10.0. The van der Waals surface area contributed by atoms with Gasteiger partial charge in [-0.15, -0.1) is 0 Å². The molecule has 2 amide bonds. The Kier molecular flexibility index (Phi) is 9.66. The average Bonchev–Trinajstić information content (AvgIpc) is 2.86. The molecule has 196 valence electrons. The number of carbonyl (C=O) groups is 2. The number of likely N-dealkylation sites (N-methyl/N-ethyl adjacent to an activating group) is 1. The SMILES string of the molecule is CCNC(=O)[C@@H](Cc1ccccc1)N(Cc1ccccc1Cl)C(=O)CN(c1ccccc1F)S(C)(=O)=O. The van der Waals surface area contributed by atoms with Crippen molar-refractivity contribution in [3.05, 3.63) is 101 Å². The van der Waals surface area contributed by atoms with Gasteiger partial charge in [0, 0.05) is 24.5 Å². The first-order valence-corrected chi connectivity index (χ1v) is 13.9. The van der Waals surface area contributed by atoms with Crippen LogP contribution in [0.5, 0.6) is 0 Å². The quantitative estimate of drug-likeness (QED) is 0.394. The summed E-state index contributed by atoms with van der Waals surface area (Å²) in [4.78, 5) is 28.4. The number of nitrogens with zero attached hydrogens (tertiary/aromatic N) is 2. The lowest BCUT2D eigenvalue weighted by Crippen LogP contribution is -2.53. The number of hydrogen-bond donors (Lipinski definition) is 1. The van der Waals surface area contributed by atoms with E-state index in [1.54, 1.807) is 31.2 Å². The van der Waals surface area contributed by atoms with Crippen molar-refractivity contribution in [2.45, 2.75) is 25.9 Å². The van der Waals surface area contributed by atoms with Gasteiger partial charge in [-0.05, 0) is 36.2 Å². The first-order valence-electron chi connectivity index (χ1n) is 11.7. The summed E-state index contributed by atoms with van der Waals surface area (Å²) in [6.45, 7) is 1.35. The van der Waals surface area contributed by atoms with Crippen LogP contribution in [0.2, 0.25) is 5.02 Å². The number of rotatable bonds is 11. The smallest absolute Gasteiger partial charge is 0.244 e. The molecule has 3 rings (SSSR count). The summed E-state index contributed by atoms with van der Waals surface area (Å²) >= 11 is 6.38. The van der Waals surface area contributed by atoms with Crippen molar-refractivity contribution >= 4 is 39.1 Å². The maximum absolute atomic E-state index is 14.6. The second kappa shape index (κ2) is 12.7. The van der Waals surface area contributed by atoms with Crippen LogP contribution in [0.15, 0.2) is 78.9 Å². The minimum Gasteiger partial charge on any atom is -0.355 e. The second-order valence-corrected chi connectivity index (χ2v) is 10.7. The van der Waals surface area contributed by atoms with Crippen LogP contribution < -0.4 is 9.62 Å². The van der Waals surface area contributed by atoms with Gasteiger partial charge < -0.3 is 10.2 Å². The van der Waals surface area contributed by atoms with Crippen molar-refractivity contribution in [1.82, 2.24) is 10.2 Å². The average molecular weight is 546 g/mol. The first-order chi connectivity index (χ1) is 17.6. The molecule has 0 radical (unpaired) electrons. The van der Waals surface area contributed by atoms with Crippen LogP contribution >= 0.6 is 11.6 Å². The van der Waals surface area contributed by atoms with Gasteiger partial charge in [0.15, 0.2) is 0 Å². The van der Waals surface area contributed by atoms with Crippen LogP contribution in [-0.4, -0.2) is 50.5 Å². The zero-order chi connectivity index (χ0) is 27.0. The third kappa shape index (κ3) is 7.53. The largest absolute Gasteiger partial charge is 0.355 e. The fourth-order valence-corrected chi connectivity index (χ4v) is 4.95. The summed E-state index contributed by atoms with van der Waals surface area (Å²) in [5.41, 5.74) is 1.13. The Labute approximate surface area is 221 Å². The highest BCUT2D eigenvalue weighted by Crippen LogP contribution is 2.24. The van der Waals surface area contributed by atoms with Crippen LogP contribution in [0.25, 0.3) is 0 Å². The van der Waals surface area contributed by atoms with Gasteiger partial charge in [0.1, 0.15) is 18.4 Å². The monoisotopic (exact) mass is 545 g/mol.